The molecule has 20 heteroatoms. The van der Waals surface area contributed by atoms with E-state index in [2.05, 4.69) is 375 Å². The summed E-state index contributed by atoms with van der Waals surface area (Å²) in [6.45, 7) is 1.93. The molecular formula is C128H88N4O16+4. The molecule has 0 radical (unpaired) electrons. The summed E-state index contributed by atoms with van der Waals surface area (Å²) in [5, 5.41) is 22.2. The van der Waals surface area contributed by atoms with Crippen molar-refractivity contribution >= 4 is 130 Å². The second-order valence-corrected chi connectivity index (χ2v) is 38.1. The first-order valence-corrected chi connectivity index (χ1v) is 49.3. The van der Waals surface area contributed by atoms with Gasteiger partial charge in [0, 0.05) is 32.5 Å². The van der Waals surface area contributed by atoms with Crippen molar-refractivity contribution in [3.8, 4) is 181 Å². The number of nitrogens with zero attached hydrogens (tertiary/aromatic N) is 4. The topological polar surface area (TPSA) is 163 Å². The normalized spacial score (nSPS) is 13.6. The first-order valence-electron chi connectivity index (χ1n) is 49.3. The molecule has 12 heterocycles. The lowest BCUT2D eigenvalue weighted by atomic mass is 9.91. The fraction of sp³-hybridized carbons (Fsp3) is 0.0938. The number of hydrogen-bond acceptors (Lipinski definition) is 16. The lowest BCUT2D eigenvalue weighted by molar-refractivity contribution is -0.642. The molecule has 32 rings (SSSR count). The molecule has 148 heavy (non-hydrogen) atoms. The van der Waals surface area contributed by atoms with Crippen molar-refractivity contribution in [2.24, 2.45) is 28.2 Å². The second-order valence-electron chi connectivity index (χ2n) is 38.1. The molecule has 0 amide bonds. The number of fused-ring (bicyclic) bond motifs is 32. The van der Waals surface area contributed by atoms with Gasteiger partial charge in [-0.2, -0.15) is 18.3 Å². The predicted molar refractivity (Wildman–Crippen MR) is 573 cm³/mol. The van der Waals surface area contributed by atoms with Crippen LogP contribution in [0, 0.1) is 0 Å². The van der Waals surface area contributed by atoms with Gasteiger partial charge in [0.25, 0.3) is 0 Å². The van der Waals surface area contributed by atoms with E-state index in [-0.39, 0.29) is 54.3 Å². The summed E-state index contributed by atoms with van der Waals surface area (Å²) in [5.41, 5.74) is 23.0. The predicted octanol–water partition coefficient (Wildman–Crippen LogP) is 27.0. The van der Waals surface area contributed by atoms with Gasteiger partial charge in [-0.25, -0.2) is 0 Å². The molecule has 8 aliphatic rings. The molecule has 0 N–H and O–H groups in total. The van der Waals surface area contributed by atoms with Crippen molar-refractivity contribution in [3.63, 3.8) is 0 Å². The first-order chi connectivity index (χ1) is 73.0. The maximum absolute atomic E-state index is 6.05. The quantitative estimate of drug-likeness (QED) is 0.104. The van der Waals surface area contributed by atoms with E-state index in [0.717, 1.165) is 266 Å². The van der Waals surface area contributed by atoms with Crippen molar-refractivity contribution in [1.82, 2.24) is 0 Å². The standard InChI is InChI=1S/4C32H22NO4/c1-33-16-26-23(11-12-27-32(26)37-18-34-27)30-24(21-9-7-20(8-10-21)19-5-3-2-4-6-19)13-22-14-28-29(36-17-35-28)15-25(22)31(30)33;1-33-16-27-22(11-12-28-32(27)37-18-34-28)25-13-23(21-9-7-20(8-10-21)19-5-3-2-4-6-19)24-14-29-30(36-17-35-29)15-26(24)31(25)33;1-33-16-27-26(23-12-11-22-13-28-29(35-17-34-28)15-24(22)30(23)33)14-25(31-32(27)37-18-36-31)21-9-7-20(8-10-21)19-5-3-2-4-6-19;1-33-16-26-30(23-12-11-22-13-27-28(35-17-34-27)15-25(22)31(23)33)24(14-29-32(26)37-18-36-29)21-9-7-20(8-10-21)19-5-3-2-4-6-19/h4*2-16H,17-18H2,1H3/q4*+1. The van der Waals surface area contributed by atoms with Crippen molar-refractivity contribution in [3.05, 3.63) is 365 Å². The molecule has 0 unspecified atom stereocenters. The third kappa shape index (κ3) is 14.2. The van der Waals surface area contributed by atoms with Gasteiger partial charge in [0.15, 0.2) is 117 Å². The average molecular weight is 1940 g/mol. The molecule has 24 aromatic rings. The Kier molecular flexibility index (Phi) is 19.9. The molecule has 0 fully saturated rings. The van der Waals surface area contributed by atoms with Crippen LogP contribution in [-0.4, -0.2) is 54.3 Å². The zero-order valence-corrected chi connectivity index (χ0v) is 80.6. The molecule has 20 nitrogen and oxygen atoms in total. The Morgan fingerprint density at radius 1 is 0.149 bits per heavy atom. The smallest absolute Gasteiger partial charge is 0.231 e. The van der Waals surface area contributed by atoms with Gasteiger partial charge in [-0.05, 0) is 209 Å². The van der Waals surface area contributed by atoms with Crippen molar-refractivity contribution in [1.29, 1.82) is 0 Å². The summed E-state index contributed by atoms with van der Waals surface area (Å²) in [4.78, 5) is 0. The van der Waals surface area contributed by atoms with E-state index in [1.54, 1.807) is 0 Å². The number of rotatable bonds is 8. The zero-order valence-electron chi connectivity index (χ0n) is 80.6. The lowest BCUT2D eigenvalue weighted by Crippen LogP contribution is -2.28. The Bertz CT molecular complexity index is 9740. The van der Waals surface area contributed by atoms with Gasteiger partial charge in [0.2, 0.25) is 76.4 Å². The van der Waals surface area contributed by atoms with Crippen LogP contribution in [0.1, 0.15) is 0 Å². The van der Waals surface area contributed by atoms with Crippen molar-refractivity contribution < 1.29 is 94.1 Å². The van der Waals surface area contributed by atoms with Gasteiger partial charge >= 0.3 is 0 Å². The maximum Gasteiger partial charge on any atom is 0.231 e. The largest absolute Gasteiger partial charge is 0.454 e. The second kappa shape index (κ2) is 34.4. The summed E-state index contributed by atoms with van der Waals surface area (Å²) in [5.74, 6) is 12.6. The number of pyridine rings is 4. The highest BCUT2D eigenvalue weighted by Gasteiger charge is 2.35. The van der Waals surface area contributed by atoms with Gasteiger partial charge in [0.05, 0.1) is 64.6 Å². The van der Waals surface area contributed by atoms with Crippen LogP contribution in [0.4, 0.5) is 0 Å². The Balaban J connectivity index is 0.0000000930. The number of aromatic nitrogens is 4. The molecule has 0 aliphatic carbocycles. The monoisotopic (exact) mass is 1940 g/mol. The molecule has 8 aliphatic heterocycles. The van der Waals surface area contributed by atoms with E-state index in [4.69, 9.17) is 75.8 Å². The average Bonchev–Trinajstić information content (AvgIpc) is 1.02. The molecule has 0 saturated heterocycles. The number of benzene rings is 20. The van der Waals surface area contributed by atoms with Crippen LogP contribution >= 0.6 is 0 Å². The molecule has 0 saturated carbocycles. The van der Waals surface area contributed by atoms with E-state index < -0.39 is 0 Å². The minimum atomic E-state index is 0.215. The molecule has 0 atom stereocenters. The van der Waals surface area contributed by atoms with E-state index >= 15 is 0 Å². The number of aryl methyl sites for hydroxylation is 4. The van der Waals surface area contributed by atoms with Gasteiger partial charge in [0.1, 0.15) is 28.2 Å². The van der Waals surface area contributed by atoms with Crippen molar-refractivity contribution in [2.75, 3.05) is 54.3 Å². The summed E-state index contributed by atoms with van der Waals surface area (Å²) >= 11 is 0. The molecular weight excluding hydrogens is 1850 g/mol. The van der Waals surface area contributed by atoms with Crippen LogP contribution in [0.15, 0.2) is 365 Å². The summed E-state index contributed by atoms with van der Waals surface area (Å²) in [6, 6.07) is 119. The SMILES string of the molecule is C[n+]1cc2c3c(c(-c4ccc(-c5ccccc5)cc4)cc2c2ccc4cc5c(cc4c21)OCO5)OCO3.C[n+]1cc2c3c(cc(-c4ccc(-c5ccccc5)cc4)c2c2ccc4cc5c(cc4c21)OCO5)OCO3.C[n+]1cc2c3c(ccc2c2c(-c4ccc(-c5ccccc5)cc4)cc4cc5c(cc4c21)OCO5)OCO3.C[n+]1cc2c3c(ccc2c2cc(-c4ccc(-c5ccccc5)cc4)c4cc5c(cc4c21)OCO5)OCO3. The third-order valence-corrected chi connectivity index (χ3v) is 29.7. The summed E-state index contributed by atoms with van der Waals surface area (Å²) < 4.78 is 101. The van der Waals surface area contributed by atoms with Gasteiger partial charge in [-0.1, -0.05) is 231 Å². The van der Waals surface area contributed by atoms with Crippen LogP contribution in [-0.2, 0) is 28.2 Å². The third-order valence-electron chi connectivity index (χ3n) is 29.7. The first kappa shape index (κ1) is 85.7. The Labute approximate surface area is 846 Å². The van der Waals surface area contributed by atoms with Crippen LogP contribution in [0.2, 0.25) is 0 Å². The maximum atomic E-state index is 6.05. The van der Waals surface area contributed by atoms with Crippen LogP contribution in [0.3, 0.4) is 0 Å². The van der Waals surface area contributed by atoms with Crippen molar-refractivity contribution in [2.45, 2.75) is 0 Å². The minimum Gasteiger partial charge on any atom is -0.454 e. The van der Waals surface area contributed by atoms with Gasteiger partial charge in [-0.15, -0.1) is 0 Å². The van der Waals surface area contributed by atoms with Crippen LogP contribution in [0.5, 0.6) is 92.0 Å². The molecule has 0 spiro atoms. The number of hydrogen-bond donors (Lipinski definition) is 0. The van der Waals surface area contributed by atoms with Crippen LogP contribution < -0.4 is 94.1 Å². The van der Waals surface area contributed by atoms with Gasteiger partial charge in [-0.3, -0.25) is 0 Å². The fourth-order valence-electron chi connectivity index (χ4n) is 22.8. The van der Waals surface area contributed by atoms with E-state index in [1.165, 1.54) is 44.5 Å². The van der Waals surface area contributed by atoms with E-state index in [9.17, 15) is 0 Å². The summed E-state index contributed by atoms with van der Waals surface area (Å²) in [6.07, 6.45) is 8.55. The molecule has 712 valence electrons. The molecule has 20 aromatic carbocycles. The lowest BCUT2D eigenvalue weighted by Gasteiger charge is -2.14. The van der Waals surface area contributed by atoms with E-state index in [1.807, 2.05) is 36.4 Å². The van der Waals surface area contributed by atoms with E-state index in [0.29, 0.717) is 0 Å². The molecule has 0 bridgehead atoms. The summed E-state index contributed by atoms with van der Waals surface area (Å²) in [7, 11) is 8.32. The minimum absolute atomic E-state index is 0.215. The Morgan fingerprint density at radius 2 is 0.446 bits per heavy atom. The Hall–Kier alpha value is -19.1. The number of ether oxygens (including phenoxy) is 16. The van der Waals surface area contributed by atoms with Gasteiger partial charge < -0.3 is 75.8 Å². The highest BCUT2D eigenvalue weighted by Crippen LogP contribution is 2.55. The Morgan fingerprint density at radius 3 is 0.932 bits per heavy atom. The highest BCUT2D eigenvalue weighted by atomic mass is 16.7. The fourth-order valence-corrected chi connectivity index (χ4v) is 22.8. The van der Waals surface area contributed by atoms with Crippen LogP contribution in [0.25, 0.3) is 219 Å². The highest BCUT2D eigenvalue weighted by molar-refractivity contribution is 6.24. The molecule has 4 aromatic heterocycles. The zero-order chi connectivity index (χ0) is 98.0.